The summed E-state index contributed by atoms with van der Waals surface area (Å²) in [6, 6.07) is 4.99. The maximum absolute atomic E-state index is 14.0. The molecule has 12 nitrogen and oxygen atoms in total. The summed E-state index contributed by atoms with van der Waals surface area (Å²) in [6.07, 6.45) is 1.27. The Bertz CT molecular complexity index is 1360. The van der Waals surface area contributed by atoms with E-state index in [2.05, 4.69) is 15.6 Å². The van der Waals surface area contributed by atoms with Gasteiger partial charge in [0.05, 0.1) is 33.9 Å². The number of fused-ring (bicyclic) bond motifs is 3. The molecule has 0 spiro atoms. The summed E-state index contributed by atoms with van der Waals surface area (Å²) >= 11 is 0. The minimum absolute atomic E-state index is 0.0320. The number of aromatic nitrogens is 1. The quantitative estimate of drug-likeness (QED) is 0.505. The Labute approximate surface area is 245 Å². The SMILES string of the molecule is COC(=O)[C@@H]1Oc2cc(ccc2OC)C(=O)N[C@@H](C(C)C)CN(C(=O)c2cc3c(nc2OC)CCC3)CC(=O)N[C@H]1C. The fourth-order valence-electron chi connectivity index (χ4n) is 5.13. The second kappa shape index (κ2) is 13.1. The van der Waals surface area contributed by atoms with Crippen molar-refractivity contribution in [3.63, 3.8) is 0 Å². The third-order valence-corrected chi connectivity index (χ3v) is 7.56. The molecule has 2 bridgehead atoms. The average Bonchev–Trinajstić information content (AvgIpc) is 3.44. The Balaban J connectivity index is 1.76. The maximum Gasteiger partial charge on any atom is 0.349 e. The minimum Gasteiger partial charge on any atom is -0.493 e. The molecule has 2 aliphatic rings. The van der Waals surface area contributed by atoms with E-state index in [1.165, 1.54) is 32.3 Å². The highest BCUT2D eigenvalue weighted by atomic mass is 16.6. The van der Waals surface area contributed by atoms with Crippen LogP contribution in [0.25, 0.3) is 0 Å². The first-order chi connectivity index (χ1) is 20.1. The molecule has 2 N–H and O–H groups in total. The molecule has 1 aromatic heterocycles. The zero-order chi connectivity index (χ0) is 30.6. The first-order valence-electron chi connectivity index (χ1n) is 13.9. The number of esters is 1. The van der Waals surface area contributed by atoms with E-state index in [-0.39, 0.29) is 41.8 Å². The van der Waals surface area contributed by atoms with Gasteiger partial charge in [0, 0.05) is 23.8 Å². The van der Waals surface area contributed by atoms with Crippen molar-refractivity contribution in [2.75, 3.05) is 34.4 Å². The van der Waals surface area contributed by atoms with Crippen molar-refractivity contribution >= 4 is 23.7 Å². The van der Waals surface area contributed by atoms with Crippen molar-refractivity contribution in [2.24, 2.45) is 5.92 Å². The highest BCUT2D eigenvalue weighted by molar-refractivity contribution is 5.99. The van der Waals surface area contributed by atoms with Crippen molar-refractivity contribution in [1.29, 1.82) is 0 Å². The Hall–Kier alpha value is -4.35. The zero-order valence-corrected chi connectivity index (χ0v) is 24.8. The lowest BCUT2D eigenvalue weighted by atomic mass is 10.0. The number of carbonyl (C=O) groups excluding carboxylic acids is 4. The van der Waals surface area contributed by atoms with Gasteiger partial charge < -0.3 is 34.5 Å². The summed E-state index contributed by atoms with van der Waals surface area (Å²) in [5.41, 5.74) is 2.37. The molecule has 12 heteroatoms. The predicted octanol–water partition coefficient (Wildman–Crippen LogP) is 1.92. The van der Waals surface area contributed by atoms with Gasteiger partial charge in [-0.05, 0) is 61.9 Å². The van der Waals surface area contributed by atoms with E-state index < -0.39 is 41.9 Å². The van der Waals surface area contributed by atoms with E-state index in [0.717, 1.165) is 30.5 Å². The summed E-state index contributed by atoms with van der Waals surface area (Å²) in [4.78, 5) is 59.5. The van der Waals surface area contributed by atoms with E-state index in [1.54, 1.807) is 25.1 Å². The van der Waals surface area contributed by atoms with Crippen LogP contribution < -0.4 is 24.8 Å². The monoisotopic (exact) mass is 582 g/mol. The van der Waals surface area contributed by atoms with E-state index in [1.807, 2.05) is 13.8 Å². The molecule has 0 unspecified atom stereocenters. The summed E-state index contributed by atoms with van der Waals surface area (Å²) in [5, 5.41) is 5.76. The van der Waals surface area contributed by atoms with Crippen molar-refractivity contribution in [3.05, 3.63) is 46.6 Å². The van der Waals surface area contributed by atoms with Crippen molar-refractivity contribution in [2.45, 2.75) is 58.2 Å². The number of ether oxygens (including phenoxy) is 4. The number of methoxy groups -OCH3 is 3. The lowest BCUT2D eigenvalue weighted by Gasteiger charge is -2.32. The van der Waals surface area contributed by atoms with Crippen molar-refractivity contribution in [1.82, 2.24) is 20.5 Å². The van der Waals surface area contributed by atoms with Crippen LogP contribution in [0.5, 0.6) is 17.4 Å². The first-order valence-corrected chi connectivity index (χ1v) is 13.9. The van der Waals surface area contributed by atoms with E-state index in [4.69, 9.17) is 18.9 Å². The van der Waals surface area contributed by atoms with Crippen LogP contribution in [0.4, 0.5) is 0 Å². The minimum atomic E-state index is -1.28. The molecule has 0 saturated heterocycles. The number of nitrogens with zero attached hydrogens (tertiary/aromatic N) is 2. The molecule has 4 rings (SSSR count). The summed E-state index contributed by atoms with van der Waals surface area (Å²) in [6.45, 7) is 5.10. The lowest BCUT2D eigenvalue weighted by Crippen LogP contribution is -2.54. The fourth-order valence-corrected chi connectivity index (χ4v) is 5.13. The van der Waals surface area contributed by atoms with Crippen LogP contribution in [0, 0.1) is 5.92 Å². The summed E-state index contributed by atoms with van der Waals surface area (Å²) in [7, 11) is 4.09. The highest BCUT2D eigenvalue weighted by Gasteiger charge is 2.34. The molecule has 0 saturated carbocycles. The molecule has 0 radical (unpaired) electrons. The van der Waals surface area contributed by atoms with Gasteiger partial charge in [-0.25, -0.2) is 9.78 Å². The molecule has 1 aliphatic carbocycles. The van der Waals surface area contributed by atoms with Crippen molar-refractivity contribution < 1.29 is 38.1 Å². The van der Waals surface area contributed by atoms with Crippen LogP contribution in [0.2, 0.25) is 0 Å². The standard InChI is InChI=1S/C30H38N4O8/c1-16(2)22-14-34(29(37)20-12-18-8-7-9-21(18)33-28(20)40-5)15-25(35)31-17(3)26(30(38)41-6)42-24-13-19(27(36)32-22)10-11-23(24)39-4/h10-13,16-17,22,26H,7-9,14-15H2,1-6H3,(H,31,35)(H,32,36)/t17-,22+,26+/m0/s1. The number of aryl methyl sites for hydroxylation is 2. The first kappa shape index (κ1) is 30.6. The summed E-state index contributed by atoms with van der Waals surface area (Å²) in [5.74, 6) is -1.65. The Morgan fingerprint density at radius 2 is 1.83 bits per heavy atom. The lowest BCUT2D eigenvalue weighted by molar-refractivity contribution is -0.150. The van der Waals surface area contributed by atoms with Crippen LogP contribution in [0.3, 0.4) is 0 Å². The molecular weight excluding hydrogens is 544 g/mol. The van der Waals surface area contributed by atoms with Gasteiger partial charge in [-0.2, -0.15) is 0 Å². The molecule has 3 atom stereocenters. The van der Waals surface area contributed by atoms with Crippen LogP contribution in [0.1, 0.15) is 59.2 Å². The van der Waals surface area contributed by atoms with Crippen molar-refractivity contribution in [3.8, 4) is 17.4 Å². The molecule has 2 aromatic rings. The topological polar surface area (TPSA) is 145 Å². The van der Waals surface area contributed by atoms with Crippen LogP contribution in [0.15, 0.2) is 24.3 Å². The maximum atomic E-state index is 14.0. The zero-order valence-electron chi connectivity index (χ0n) is 24.8. The largest absolute Gasteiger partial charge is 0.493 e. The van der Waals surface area contributed by atoms with E-state index >= 15 is 0 Å². The second-order valence-electron chi connectivity index (χ2n) is 10.8. The number of hydrogen-bond donors (Lipinski definition) is 2. The number of pyridine rings is 1. The van der Waals surface area contributed by atoms with Gasteiger partial charge in [0.1, 0.15) is 5.56 Å². The van der Waals surface area contributed by atoms with Gasteiger partial charge in [0.15, 0.2) is 11.5 Å². The van der Waals surface area contributed by atoms with Gasteiger partial charge in [-0.1, -0.05) is 13.8 Å². The van der Waals surface area contributed by atoms with Crippen LogP contribution in [-0.4, -0.2) is 86.2 Å². The molecular formula is C30H38N4O8. The molecule has 0 fully saturated rings. The van der Waals surface area contributed by atoms with Gasteiger partial charge in [0.25, 0.3) is 11.8 Å². The normalized spacial score (nSPS) is 20.9. The smallest absolute Gasteiger partial charge is 0.349 e. The molecule has 1 aliphatic heterocycles. The summed E-state index contributed by atoms with van der Waals surface area (Å²) < 4.78 is 21.8. The number of nitrogens with one attached hydrogen (secondary N) is 2. The van der Waals surface area contributed by atoms with Gasteiger partial charge in [-0.15, -0.1) is 0 Å². The van der Waals surface area contributed by atoms with Crippen LogP contribution in [-0.2, 0) is 27.2 Å². The van der Waals surface area contributed by atoms with Crippen LogP contribution >= 0.6 is 0 Å². The molecule has 3 amide bonds. The van der Waals surface area contributed by atoms with E-state index in [9.17, 15) is 19.2 Å². The fraction of sp³-hybridized carbons (Fsp3) is 0.500. The third-order valence-electron chi connectivity index (χ3n) is 7.56. The van der Waals surface area contributed by atoms with Gasteiger partial charge >= 0.3 is 5.97 Å². The Morgan fingerprint density at radius 3 is 2.50 bits per heavy atom. The third kappa shape index (κ3) is 6.58. The number of rotatable bonds is 5. The number of amides is 3. The Morgan fingerprint density at radius 1 is 1.07 bits per heavy atom. The number of hydrogen-bond acceptors (Lipinski definition) is 9. The van der Waals surface area contributed by atoms with Gasteiger partial charge in [-0.3, -0.25) is 14.4 Å². The predicted molar refractivity (Wildman–Crippen MR) is 152 cm³/mol. The average molecular weight is 583 g/mol. The molecule has 2 heterocycles. The Kier molecular flexibility index (Phi) is 9.54. The van der Waals surface area contributed by atoms with Gasteiger partial charge in [0.2, 0.25) is 17.9 Å². The highest BCUT2D eigenvalue weighted by Crippen LogP contribution is 2.31. The van der Waals surface area contributed by atoms with E-state index in [0.29, 0.717) is 5.75 Å². The number of carbonyl (C=O) groups is 4. The molecule has 42 heavy (non-hydrogen) atoms. The number of benzene rings is 1. The molecule has 226 valence electrons. The molecule has 1 aromatic carbocycles. The second-order valence-corrected chi connectivity index (χ2v) is 10.8.